The zero-order valence-electron chi connectivity index (χ0n) is 10.8. The van der Waals surface area contributed by atoms with Crippen molar-refractivity contribution in [3.05, 3.63) is 23.8 Å². The second-order valence-corrected chi connectivity index (χ2v) is 4.72. The van der Waals surface area contributed by atoms with E-state index in [-0.39, 0.29) is 23.7 Å². The summed E-state index contributed by atoms with van der Waals surface area (Å²) < 4.78 is 5.50. The van der Waals surface area contributed by atoms with Gasteiger partial charge in [0, 0.05) is 6.61 Å². The molecule has 4 nitrogen and oxygen atoms in total. The predicted octanol–water partition coefficient (Wildman–Crippen LogP) is 2.45. The molecule has 18 heavy (non-hydrogen) atoms. The number of hydrogen-bond donors (Lipinski definition) is 2. The van der Waals surface area contributed by atoms with E-state index in [1.54, 1.807) is 12.1 Å². The second kappa shape index (κ2) is 5.40. The van der Waals surface area contributed by atoms with Gasteiger partial charge in [-0.25, -0.2) is 0 Å². The highest BCUT2D eigenvalue weighted by Gasteiger charge is 2.32. The molecule has 0 bridgehead atoms. The highest BCUT2D eigenvalue weighted by atomic mass is 16.5. The average molecular weight is 249 g/mol. The molecule has 1 aliphatic rings. The lowest BCUT2D eigenvalue weighted by molar-refractivity contribution is -0.121. The number of phenols is 1. The Labute approximate surface area is 107 Å². The molecular formula is C14H19NO3. The molecule has 1 amide bonds. The van der Waals surface area contributed by atoms with E-state index in [2.05, 4.69) is 5.32 Å². The zero-order chi connectivity index (χ0) is 13.1. The Morgan fingerprint density at radius 3 is 3.00 bits per heavy atom. The van der Waals surface area contributed by atoms with Crippen LogP contribution in [0.5, 0.6) is 5.75 Å². The quantitative estimate of drug-likeness (QED) is 0.809. The molecule has 4 heteroatoms. The normalized spacial score (nSPS) is 23.0. The molecule has 1 aromatic rings. The van der Waals surface area contributed by atoms with Gasteiger partial charge in [0.2, 0.25) is 5.91 Å². The number of carbonyl (C=O) groups excluding carboxylic acids is 1. The Kier molecular flexibility index (Phi) is 3.87. The van der Waals surface area contributed by atoms with Crippen LogP contribution < -0.4 is 5.32 Å². The number of aromatic hydroxyl groups is 1. The summed E-state index contributed by atoms with van der Waals surface area (Å²) in [6.45, 7) is 4.54. The maximum absolute atomic E-state index is 12.1. The number of rotatable bonds is 3. The van der Waals surface area contributed by atoms with Gasteiger partial charge in [0.1, 0.15) is 5.75 Å². The van der Waals surface area contributed by atoms with Crippen LogP contribution in [0.3, 0.4) is 0 Å². The molecule has 0 spiro atoms. The first-order chi connectivity index (χ1) is 8.61. The molecule has 1 fully saturated rings. The lowest BCUT2D eigenvalue weighted by atomic mass is 9.98. The fraction of sp³-hybridized carbons (Fsp3) is 0.500. The Morgan fingerprint density at radius 2 is 2.33 bits per heavy atom. The van der Waals surface area contributed by atoms with Crippen molar-refractivity contribution < 1.29 is 14.6 Å². The highest BCUT2D eigenvalue weighted by molar-refractivity contribution is 5.94. The van der Waals surface area contributed by atoms with Gasteiger partial charge in [0.05, 0.1) is 17.7 Å². The topological polar surface area (TPSA) is 58.6 Å². The monoisotopic (exact) mass is 249 g/mol. The number of amides is 1. The van der Waals surface area contributed by atoms with Crippen molar-refractivity contribution in [3.8, 4) is 5.75 Å². The number of carbonyl (C=O) groups is 1. The minimum atomic E-state index is -0.115. The van der Waals surface area contributed by atoms with Crippen LogP contribution in [0.4, 0.5) is 5.69 Å². The SMILES string of the molecule is CCC1OCCC1C(=O)Nc1ccc(C)cc1O. The lowest BCUT2D eigenvalue weighted by Gasteiger charge is -2.17. The van der Waals surface area contributed by atoms with Gasteiger partial charge < -0.3 is 15.2 Å². The molecule has 0 aliphatic carbocycles. The van der Waals surface area contributed by atoms with Gasteiger partial charge in [0.15, 0.2) is 0 Å². The van der Waals surface area contributed by atoms with Crippen LogP contribution in [-0.4, -0.2) is 23.7 Å². The van der Waals surface area contributed by atoms with Crippen molar-refractivity contribution >= 4 is 11.6 Å². The van der Waals surface area contributed by atoms with Crippen LogP contribution in [0, 0.1) is 12.8 Å². The van der Waals surface area contributed by atoms with E-state index in [0.717, 1.165) is 18.4 Å². The van der Waals surface area contributed by atoms with Crippen LogP contribution in [0.15, 0.2) is 18.2 Å². The number of phenolic OH excluding ortho intramolecular Hbond substituents is 1. The molecule has 1 aromatic carbocycles. The zero-order valence-corrected chi connectivity index (χ0v) is 10.8. The van der Waals surface area contributed by atoms with Gasteiger partial charge in [0.25, 0.3) is 0 Å². The third-order valence-corrected chi connectivity index (χ3v) is 3.36. The van der Waals surface area contributed by atoms with E-state index in [9.17, 15) is 9.90 Å². The smallest absolute Gasteiger partial charge is 0.230 e. The number of ether oxygens (including phenoxy) is 1. The maximum Gasteiger partial charge on any atom is 0.230 e. The van der Waals surface area contributed by atoms with E-state index < -0.39 is 0 Å². The first kappa shape index (κ1) is 12.9. The van der Waals surface area contributed by atoms with E-state index in [4.69, 9.17) is 4.74 Å². The first-order valence-corrected chi connectivity index (χ1v) is 6.34. The molecule has 2 atom stereocenters. The highest BCUT2D eigenvalue weighted by Crippen LogP contribution is 2.28. The predicted molar refractivity (Wildman–Crippen MR) is 69.6 cm³/mol. The van der Waals surface area contributed by atoms with E-state index >= 15 is 0 Å². The van der Waals surface area contributed by atoms with Crippen molar-refractivity contribution in [1.82, 2.24) is 0 Å². The van der Waals surface area contributed by atoms with Gasteiger partial charge in [-0.15, -0.1) is 0 Å². The number of benzene rings is 1. The van der Waals surface area contributed by atoms with Crippen molar-refractivity contribution in [2.75, 3.05) is 11.9 Å². The van der Waals surface area contributed by atoms with Crippen molar-refractivity contribution in [2.24, 2.45) is 5.92 Å². The fourth-order valence-electron chi connectivity index (χ4n) is 2.32. The number of hydrogen-bond acceptors (Lipinski definition) is 3. The Morgan fingerprint density at radius 1 is 1.56 bits per heavy atom. The van der Waals surface area contributed by atoms with E-state index in [1.165, 1.54) is 0 Å². The molecular weight excluding hydrogens is 230 g/mol. The summed E-state index contributed by atoms with van der Waals surface area (Å²) >= 11 is 0. The molecule has 1 heterocycles. The van der Waals surface area contributed by atoms with Gasteiger partial charge in [-0.1, -0.05) is 13.0 Å². The molecule has 1 saturated heterocycles. The van der Waals surface area contributed by atoms with Crippen LogP contribution in [0.25, 0.3) is 0 Å². The molecule has 2 rings (SSSR count). The van der Waals surface area contributed by atoms with Crippen molar-refractivity contribution in [2.45, 2.75) is 32.8 Å². The summed E-state index contributed by atoms with van der Waals surface area (Å²) in [5.74, 6) is -0.0791. The summed E-state index contributed by atoms with van der Waals surface area (Å²) in [4.78, 5) is 12.1. The lowest BCUT2D eigenvalue weighted by Crippen LogP contribution is -2.29. The van der Waals surface area contributed by atoms with Gasteiger partial charge in [-0.3, -0.25) is 4.79 Å². The Bertz CT molecular complexity index is 445. The van der Waals surface area contributed by atoms with Gasteiger partial charge in [-0.2, -0.15) is 0 Å². The van der Waals surface area contributed by atoms with Crippen LogP contribution in [0.1, 0.15) is 25.3 Å². The largest absolute Gasteiger partial charge is 0.506 e. The Hall–Kier alpha value is -1.55. The molecule has 98 valence electrons. The number of nitrogens with one attached hydrogen (secondary N) is 1. The first-order valence-electron chi connectivity index (χ1n) is 6.34. The number of aryl methyl sites for hydroxylation is 1. The summed E-state index contributed by atoms with van der Waals surface area (Å²) in [5.41, 5.74) is 1.42. The van der Waals surface area contributed by atoms with Crippen LogP contribution in [-0.2, 0) is 9.53 Å². The van der Waals surface area contributed by atoms with E-state index in [1.807, 2.05) is 19.9 Å². The van der Waals surface area contributed by atoms with Crippen molar-refractivity contribution in [3.63, 3.8) is 0 Å². The fourth-order valence-corrected chi connectivity index (χ4v) is 2.32. The molecule has 1 aliphatic heterocycles. The molecule has 2 unspecified atom stereocenters. The Balaban J connectivity index is 2.07. The average Bonchev–Trinajstić information content (AvgIpc) is 2.81. The van der Waals surface area contributed by atoms with Crippen LogP contribution >= 0.6 is 0 Å². The number of anilines is 1. The summed E-state index contributed by atoms with van der Waals surface area (Å²) in [6.07, 6.45) is 1.58. The van der Waals surface area contributed by atoms with E-state index in [0.29, 0.717) is 12.3 Å². The molecule has 2 N–H and O–H groups in total. The summed E-state index contributed by atoms with van der Waals surface area (Å²) in [7, 11) is 0. The standard InChI is InChI=1S/C14H19NO3/c1-3-13-10(6-7-18-13)14(17)15-11-5-4-9(2)8-12(11)16/h4-5,8,10,13,16H,3,6-7H2,1-2H3,(H,15,17). The molecule has 0 radical (unpaired) electrons. The minimum absolute atomic E-state index is 0.00223. The summed E-state index contributed by atoms with van der Waals surface area (Å²) in [6, 6.07) is 5.22. The second-order valence-electron chi connectivity index (χ2n) is 4.72. The van der Waals surface area contributed by atoms with Crippen molar-refractivity contribution in [1.29, 1.82) is 0 Å². The third kappa shape index (κ3) is 2.64. The summed E-state index contributed by atoms with van der Waals surface area (Å²) in [5, 5.41) is 12.5. The van der Waals surface area contributed by atoms with Crippen LogP contribution in [0.2, 0.25) is 0 Å². The van der Waals surface area contributed by atoms with Gasteiger partial charge in [-0.05, 0) is 37.5 Å². The minimum Gasteiger partial charge on any atom is -0.506 e. The third-order valence-electron chi connectivity index (χ3n) is 3.36. The maximum atomic E-state index is 12.1. The molecule has 0 aromatic heterocycles. The van der Waals surface area contributed by atoms with Gasteiger partial charge >= 0.3 is 0 Å². The molecule has 0 saturated carbocycles.